The summed E-state index contributed by atoms with van der Waals surface area (Å²) in [5, 5.41) is 13.2. The number of carbonyl (C=O) groups is 1. The van der Waals surface area contributed by atoms with E-state index >= 15 is 0 Å². The number of nitriles is 1. The molecule has 6 rings (SSSR count). The Kier molecular flexibility index (Phi) is 7.09. The van der Waals surface area contributed by atoms with Crippen LogP contribution in [0.4, 0.5) is 10.1 Å². The number of benzene rings is 1. The number of aromatic nitrogens is 2. The molecule has 8 nitrogen and oxygen atoms in total. The molecule has 3 heterocycles. The van der Waals surface area contributed by atoms with E-state index in [0.29, 0.717) is 36.6 Å². The fraction of sp³-hybridized carbons (Fsp3) is 0.448. The van der Waals surface area contributed by atoms with Gasteiger partial charge in [0.05, 0.1) is 40.0 Å². The molecule has 40 heavy (non-hydrogen) atoms. The molecule has 0 radical (unpaired) electrons. The van der Waals surface area contributed by atoms with Crippen LogP contribution in [0.5, 0.6) is 0 Å². The molecule has 3 aliphatic rings. The van der Waals surface area contributed by atoms with Gasteiger partial charge in [-0.1, -0.05) is 25.0 Å². The minimum Gasteiger partial charge on any atom is -0.369 e. The number of anilines is 1. The third kappa shape index (κ3) is 5.47. The van der Waals surface area contributed by atoms with Crippen LogP contribution in [0.1, 0.15) is 50.1 Å². The number of halogens is 1. The van der Waals surface area contributed by atoms with E-state index in [1.165, 1.54) is 23.6 Å². The van der Waals surface area contributed by atoms with Crippen LogP contribution in [0.15, 0.2) is 42.6 Å². The van der Waals surface area contributed by atoms with Gasteiger partial charge in [0.15, 0.2) is 9.84 Å². The molecule has 1 aromatic carbocycles. The number of hydrogen-bond acceptors (Lipinski definition) is 8. The number of thiazole rings is 1. The maximum Gasteiger partial charge on any atom is 0.225 e. The van der Waals surface area contributed by atoms with Gasteiger partial charge in [-0.2, -0.15) is 5.26 Å². The van der Waals surface area contributed by atoms with Gasteiger partial charge in [0, 0.05) is 30.6 Å². The highest BCUT2D eigenvalue weighted by molar-refractivity contribution is 7.91. The monoisotopic (exact) mass is 579 g/mol. The maximum absolute atomic E-state index is 13.6. The topological polar surface area (TPSA) is 116 Å². The molecule has 1 saturated heterocycles. The second-order valence-electron chi connectivity index (χ2n) is 11.0. The molecule has 0 unspecified atom stereocenters. The molecule has 3 fully saturated rings. The molecule has 1 N–H and O–H groups in total. The van der Waals surface area contributed by atoms with E-state index < -0.39 is 21.2 Å². The van der Waals surface area contributed by atoms with Crippen molar-refractivity contribution in [2.45, 2.75) is 50.0 Å². The third-order valence-corrected chi connectivity index (χ3v) is 11.0. The highest BCUT2D eigenvalue weighted by Crippen LogP contribution is 2.46. The molecule has 2 saturated carbocycles. The minimum absolute atomic E-state index is 0.0837. The lowest BCUT2D eigenvalue weighted by molar-refractivity contribution is -0.127. The number of nitrogens with zero attached hydrogens (tertiary/aromatic N) is 4. The molecule has 2 atom stereocenters. The van der Waals surface area contributed by atoms with Crippen molar-refractivity contribution in [3.05, 3.63) is 54.1 Å². The van der Waals surface area contributed by atoms with Crippen LogP contribution in [0.2, 0.25) is 0 Å². The summed E-state index contributed by atoms with van der Waals surface area (Å²) in [5.74, 6) is -0.600. The van der Waals surface area contributed by atoms with Crippen molar-refractivity contribution in [1.29, 1.82) is 5.26 Å². The Balaban J connectivity index is 1.35. The van der Waals surface area contributed by atoms with Crippen LogP contribution in [0.3, 0.4) is 0 Å². The molecule has 0 bridgehead atoms. The number of rotatable bonds is 6. The maximum atomic E-state index is 13.6. The molecule has 0 spiro atoms. The largest absolute Gasteiger partial charge is 0.369 e. The zero-order valence-electron chi connectivity index (χ0n) is 22.0. The highest BCUT2D eigenvalue weighted by Gasteiger charge is 2.47. The number of pyridine rings is 1. The van der Waals surface area contributed by atoms with E-state index in [1.807, 2.05) is 24.3 Å². The lowest BCUT2D eigenvalue weighted by Crippen LogP contribution is -2.42. The highest BCUT2D eigenvalue weighted by atomic mass is 32.2. The lowest BCUT2D eigenvalue weighted by Gasteiger charge is -2.31. The summed E-state index contributed by atoms with van der Waals surface area (Å²) in [7, 11) is -2.97. The summed E-state index contributed by atoms with van der Waals surface area (Å²) in [5.41, 5.74) is 2.60. The van der Waals surface area contributed by atoms with Crippen molar-refractivity contribution < 1.29 is 17.6 Å². The fourth-order valence-corrected chi connectivity index (χ4v) is 8.01. The number of hydrogen-bond donors (Lipinski definition) is 1. The van der Waals surface area contributed by atoms with Gasteiger partial charge in [0.25, 0.3) is 0 Å². The van der Waals surface area contributed by atoms with E-state index in [4.69, 9.17) is 4.98 Å². The SMILES string of the molecule is N#CC1(NC(=O)[C@@H]2CCCC[C@H]2c2nc(-c3ccc(F)cn3)sc2-c2ccc(N3CCS(=O)(=O)CC3)cc2)CC1. The van der Waals surface area contributed by atoms with E-state index in [1.54, 1.807) is 6.07 Å². The van der Waals surface area contributed by atoms with Crippen molar-refractivity contribution >= 4 is 32.8 Å². The predicted octanol–water partition coefficient (Wildman–Crippen LogP) is 4.69. The summed E-state index contributed by atoms with van der Waals surface area (Å²) >= 11 is 1.48. The number of amides is 1. The van der Waals surface area contributed by atoms with E-state index in [2.05, 4.69) is 21.3 Å². The minimum atomic E-state index is -2.97. The van der Waals surface area contributed by atoms with Gasteiger partial charge in [-0.05, 0) is 55.5 Å². The van der Waals surface area contributed by atoms with Gasteiger partial charge in [0.1, 0.15) is 16.4 Å². The van der Waals surface area contributed by atoms with Crippen LogP contribution in [-0.2, 0) is 14.6 Å². The first kappa shape index (κ1) is 26.8. The van der Waals surface area contributed by atoms with Crippen molar-refractivity contribution in [1.82, 2.24) is 15.3 Å². The summed E-state index contributed by atoms with van der Waals surface area (Å²) in [6, 6.07) is 13.3. The molecular formula is C29H30FN5O3S2. The number of carbonyl (C=O) groups excluding carboxylic acids is 1. The van der Waals surface area contributed by atoms with Gasteiger partial charge >= 0.3 is 0 Å². The average Bonchev–Trinajstić information content (AvgIpc) is 3.60. The van der Waals surface area contributed by atoms with Gasteiger partial charge in [-0.15, -0.1) is 11.3 Å². The van der Waals surface area contributed by atoms with Crippen molar-refractivity contribution in [3.8, 4) is 27.2 Å². The van der Waals surface area contributed by atoms with Gasteiger partial charge in [-0.25, -0.2) is 17.8 Å². The molecular weight excluding hydrogens is 549 g/mol. The van der Waals surface area contributed by atoms with Crippen LogP contribution < -0.4 is 10.2 Å². The lowest BCUT2D eigenvalue weighted by atomic mass is 9.76. The fourth-order valence-electron chi connectivity index (χ4n) is 5.69. The third-order valence-electron chi connectivity index (χ3n) is 8.22. The Bertz CT molecular complexity index is 1550. The Labute approximate surface area is 237 Å². The molecule has 2 aromatic heterocycles. The Morgan fingerprint density at radius 3 is 2.48 bits per heavy atom. The van der Waals surface area contributed by atoms with Gasteiger partial charge < -0.3 is 10.2 Å². The first-order chi connectivity index (χ1) is 19.3. The summed E-state index contributed by atoms with van der Waals surface area (Å²) in [4.78, 5) is 25.7. The Morgan fingerprint density at radius 2 is 1.82 bits per heavy atom. The smallest absolute Gasteiger partial charge is 0.225 e. The van der Waals surface area contributed by atoms with Crippen molar-refractivity contribution in [2.75, 3.05) is 29.5 Å². The van der Waals surface area contributed by atoms with Gasteiger partial charge in [0.2, 0.25) is 5.91 Å². The summed E-state index contributed by atoms with van der Waals surface area (Å²) in [6.45, 7) is 0.938. The average molecular weight is 580 g/mol. The van der Waals surface area contributed by atoms with Crippen LogP contribution in [0, 0.1) is 23.1 Å². The van der Waals surface area contributed by atoms with Crippen LogP contribution >= 0.6 is 11.3 Å². The van der Waals surface area contributed by atoms with Crippen LogP contribution in [-0.4, -0.2) is 54.4 Å². The second-order valence-corrected chi connectivity index (χ2v) is 14.3. The van der Waals surface area contributed by atoms with Crippen molar-refractivity contribution in [3.63, 3.8) is 0 Å². The number of nitrogens with one attached hydrogen (secondary N) is 1. The zero-order chi connectivity index (χ0) is 27.9. The zero-order valence-corrected chi connectivity index (χ0v) is 23.6. The van der Waals surface area contributed by atoms with Crippen LogP contribution in [0.25, 0.3) is 21.1 Å². The quantitative estimate of drug-likeness (QED) is 0.450. The molecule has 1 aliphatic heterocycles. The predicted molar refractivity (Wildman–Crippen MR) is 152 cm³/mol. The second kappa shape index (κ2) is 10.6. The van der Waals surface area contributed by atoms with E-state index in [9.17, 15) is 22.9 Å². The normalized spacial score (nSPS) is 23.2. The molecule has 2 aliphatic carbocycles. The summed E-state index contributed by atoms with van der Waals surface area (Å²) in [6.07, 6.45) is 6.02. The molecule has 3 aromatic rings. The van der Waals surface area contributed by atoms with E-state index in [-0.39, 0.29) is 29.2 Å². The molecule has 11 heteroatoms. The summed E-state index contributed by atoms with van der Waals surface area (Å²) < 4.78 is 37.3. The van der Waals surface area contributed by atoms with Gasteiger partial charge in [-0.3, -0.25) is 9.78 Å². The molecule has 1 amide bonds. The first-order valence-electron chi connectivity index (χ1n) is 13.7. The standard InChI is InChI=1S/C29H30FN5O3S2/c30-20-7-10-24(32-17-20)28-33-25(22-3-1-2-4-23(22)27(36)34-29(18-31)11-12-29)26(39-28)19-5-8-21(9-6-19)35-13-15-40(37,38)16-14-35/h5-10,17,22-23H,1-4,11-16H2,(H,34,36)/t22-,23-/m1/s1. The molecule has 208 valence electrons. The first-order valence-corrected chi connectivity index (χ1v) is 16.3. The Hall–Kier alpha value is -3.36. The van der Waals surface area contributed by atoms with Crippen molar-refractivity contribution in [2.24, 2.45) is 5.92 Å². The Morgan fingerprint density at radius 1 is 1.10 bits per heavy atom. The van der Waals surface area contributed by atoms with E-state index in [0.717, 1.165) is 47.5 Å². The number of sulfone groups is 1.